The number of aryl methyl sites for hydroxylation is 1. The molecule has 1 fully saturated rings. The van der Waals surface area contributed by atoms with E-state index in [4.69, 9.17) is 5.11 Å². The average Bonchev–Trinajstić information content (AvgIpc) is 2.72. The fraction of sp³-hybridized carbons (Fsp3) is 0.375. The number of hydrogen-bond donors (Lipinski definition) is 2. The molecule has 0 radical (unpaired) electrons. The zero-order chi connectivity index (χ0) is 17.3. The average molecular weight is 318 g/mol. The molecule has 0 aliphatic carbocycles. The Morgan fingerprint density at radius 3 is 2.35 bits per heavy atom. The normalized spacial score (nSPS) is 17.7. The minimum atomic E-state index is -1.14. The molecule has 2 N–H and O–H groups in total. The largest absolute Gasteiger partial charge is 0.478 e. The van der Waals surface area contributed by atoms with Crippen LogP contribution in [0.3, 0.4) is 0 Å². The van der Waals surface area contributed by atoms with E-state index in [1.807, 2.05) is 0 Å². The summed E-state index contributed by atoms with van der Waals surface area (Å²) in [4.78, 5) is 48.4. The van der Waals surface area contributed by atoms with Gasteiger partial charge in [-0.2, -0.15) is 0 Å². The van der Waals surface area contributed by atoms with E-state index >= 15 is 0 Å². The van der Waals surface area contributed by atoms with Crippen molar-refractivity contribution < 1.29 is 24.3 Å². The van der Waals surface area contributed by atoms with Gasteiger partial charge in [0.25, 0.3) is 11.8 Å². The lowest BCUT2D eigenvalue weighted by atomic mass is 10.1. The van der Waals surface area contributed by atoms with E-state index in [0.29, 0.717) is 5.56 Å². The van der Waals surface area contributed by atoms with Gasteiger partial charge in [-0.15, -0.1) is 0 Å². The lowest BCUT2D eigenvalue weighted by Crippen LogP contribution is -2.43. The van der Waals surface area contributed by atoms with Gasteiger partial charge in [0.2, 0.25) is 5.91 Å². The van der Waals surface area contributed by atoms with Gasteiger partial charge in [-0.05, 0) is 44.5 Å². The highest BCUT2D eigenvalue weighted by atomic mass is 16.4. The number of imide groups is 1. The van der Waals surface area contributed by atoms with E-state index in [1.54, 1.807) is 20.8 Å². The van der Waals surface area contributed by atoms with Crippen molar-refractivity contribution in [1.82, 2.24) is 10.2 Å². The molecule has 7 heteroatoms. The van der Waals surface area contributed by atoms with E-state index in [1.165, 1.54) is 18.2 Å². The number of aromatic carboxylic acids is 1. The van der Waals surface area contributed by atoms with Gasteiger partial charge in [-0.1, -0.05) is 0 Å². The minimum absolute atomic E-state index is 0.00668. The fourth-order valence-electron chi connectivity index (χ4n) is 2.59. The topological polar surface area (TPSA) is 104 Å². The Kier molecular flexibility index (Phi) is 4.49. The summed E-state index contributed by atoms with van der Waals surface area (Å²) in [6.07, 6.45) is -0.0830. The molecule has 0 bridgehead atoms. The zero-order valence-corrected chi connectivity index (χ0v) is 13.1. The van der Waals surface area contributed by atoms with Gasteiger partial charge in [0, 0.05) is 11.6 Å². The smallest absolute Gasteiger partial charge is 0.335 e. The van der Waals surface area contributed by atoms with Crippen molar-refractivity contribution in [3.05, 3.63) is 34.9 Å². The third-order valence-corrected chi connectivity index (χ3v) is 3.59. The van der Waals surface area contributed by atoms with Crippen molar-refractivity contribution in [2.24, 2.45) is 0 Å². The molecule has 0 spiro atoms. The summed E-state index contributed by atoms with van der Waals surface area (Å²) >= 11 is 0. The van der Waals surface area contributed by atoms with Crippen molar-refractivity contribution >= 4 is 23.7 Å². The summed E-state index contributed by atoms with van der Waals surface area (Å²) in [5.41, 5.74) is 0.756. The van der Waals surface area contributed by atoms with Crippen LogP contribution < -0.4 is 5.32 Å². The van der Waals surface area contributed by atoms with Crippen molar-refractivity contribution in [2.75, 3.05) is 0 Å². The highest BCUT2D eigenvalue weighted by Gasteiger charge is 2.40. The van der Waals surface area contributed by atoms with Crippen LogP contribution in [0.15, 0.2) is 18.2 Å². The van der Waals surface area contributed by atoms with Crippen LogP contribution in [-0.2, 0) is 9.59 Å². The number of nitrogens with zero attached hydrogens (tertiary/aromatic N) is 1. The highest BCUT2D eigenvalue weighted by molar-refractivity contribution is 6.08. The summed E-state index contributed by atoms with van der Waals surface area (Å²) in [5, 5.41) is 11.5. The zero-order valence-electron chi connectivity index (χ0n) is 13.1. The van der Waals surface area contributed by atoms with Crippen LogP contribution in [0, 0.1) is 6.92 Å². The monoisotopic (exact) mass is 318 g/mol. The third kappa shape index (κ3) is 3.39. The molecule has 1 aliphatic heterocycles. The maximum atomic E-state index is 12.3. The van der Waals surface area contributed by atoms with Crippen LogP contribution >= 0.6 is 0 Å². The summed E-state index contributed by atoms with van der Waals surface area (Å²) < 4.78 is 0. The standard InChI is InChI=1S/C16H18N2O5/c1-8(2)18-13(19)7-12(15(18)21)17-14(20)10-4-9(3)5-11(6-10)16(22)23/h4-6,8,12H,7H2,1-3H3,(H,17,20)(H,22,23). The molecule has 1 aliphatic rings. The van der Waals surface area contributed by atoms with Gasteiger partial charge in [0.15, 0.2) is 0 Å². The number of carbonyl (C=O) groups excluding carboxylic acids is 3. The maximum Gasteiger partial charge on any atom is 0.335 e. The molecule has 122 valence electrons. The van der Waals surface area contributed by atoms with Gasteiger partial charge >= 0.3 is 5.97 Å². The van der Waals surface area contributed by atoms with Crippen LogP contribution in [0.2, 0.25) is 0 Å². The van der Waals surface area contributed by atoms with E-state index in [2.05, 4.69) is 5.32 Å². The van der Waals surface area contributed by atoms with Crippen LogP contribution in [0.4, 0.5) is 0 Å². The third-order valence-electron chi connectivity index (χ3n) is 3.59. The highest BCUT2D eigenvalue weighted by Crippen LogP contribution is 2.17. The molecule has 3 amide bonds. The van der Waals surface area contributed by atoms with Gasteiger partial charge in [0.05, 0.1) is 12.0 Å². The number of carboxylic acid groups (broad SMARTS) is 1. The Hall–Kier alpha value is -2.70. The minimum Gasteiger partial charge on any atom is -0.478 e. The molecule has 1 atom stereocenters. The Morgan fingerprint density at radius 1 is 1.22 bits per heavy atom. The molecule has 23 heavy (non-hydrogen) atoms. The number of benzene rings is 1. The fourth-order valence-corrected chi connectivity index (χ4v) is 2.59. The van der Waals surface area contributed by atoms with Crippen LogP contribution in [0.5, 0.6) is 0 Å². The van der Waals surface area contributed by atoms with Crippen molar-refractivity contribution in [3.63, 3.8) is 0 Å². The second kappa shape index (κ2) is 6.20. The first-order chi connectivity index (χ1) is 10.7. The predicted molar refractivity (Wildman–Crippen MR) is 81.0 cm³/mol. The summed E-state index contributed by atoms with van der Waals surface area (Å²) in [7, 11) is 0. The molecule has 0 aromatic heterocycles. The number of rotatable bonds is 4. The Labute approximate surface area is 133 Å². The van der Waals surface area contributed by atoms with E-state index in [9.17, 15) is 19.2 Å². The van der Waals surface area contributed by atoms with Gasteiger partial charge < -0.3 is 10.4 Å². The number of carboxylic acids is 1. The second-order valence-electron chi connectivity index (χ2n) is 5.82. The molecular weight excluding hydrogens is 300 g/mol. The predicted octanol–water partition coefficient (Wildman–Crippen LogP) is 0.959. The van der Waals surface area contributed by atoms with E-state index < -0.39 is 23.8 Å². The quantitative estimate of drug-likeness (QED) is 0.805. The number of hydrogen-bond acceptors (Lipinski definition) is 4. The Bertz CT molecular complexity index is 696. The lowest BCUT2D eigenvalue weighted by Gasteiger charge is -2.19. The number of carbonyl (C=O) groups is 4. The molecule has 7 nitrogen and oxygen atoms in total. The lowest BCUT2D eigenvalue weighted by molar-refractivity contribution is -0.140. The first kappa shape index (κ1) is 16.7. The van der Waals surface area contributed by atoms with Crippen molar-refractivity contribution in [2.45, 2.75) is 39.3 Å². The molecule has 1 heterocycles. The molecule has 0 saturated carbocycles. The van der Waals surface area contributed by atoms with Crippen molar-refractivity contribution in [1.29, 1.82) is 0 Å². The second-order valence-corrected chi connectivity index (χ2v) is 5.82. The van der Waals surface area contributed by atoms with E-state index in [-0.39, 0.29) is 29.5 Å². The van der Waals surface area contributed by atoms with E-state index in [0.717, 1.165) is 4.90 Å². The van der Waals surface area contributed by atoms with Crippen LogP contribution in [-0.4, -0.2) is 45.8 Å². The molecule has 1 unspecified atom stereocenters. The summed E-state index contributed by atoms with van der Waals surface area (Å²) in [6.45, 7) is 5.12. The Balaban J connectivity index is 2.19. The summed E-state index contributed by atoms with van der Waals surface area (Å²) in [6, 6.07) is 3.04. The van der Waals surface area contributed by atoms with Crippen LogP contribution in [0.25, 0.3) is 0 Å². The first-order valence-electron chi connectivity index (χ1n) is 7.22. The molecular formula is C16H18N2O5. The molecule has 1 aromatic carbocycles. The van der Waals surface area contributed by atoms with Crippen LogP contribution in [0.1, 0.15) is 46.5 Å². The Morgan fingerprint density at radius 2 is 1.83 bits per heavy atom. The van der Waals surface area contributed by atoms with Gasteiger partial charge in [-0.25, -0.2) is 4.79 Å². The maximum absolute atomic E-state index is 12.3. The van der Waals surface area contributed by atoms with Gasteiger partial charge in [0.1, 0.15) is 6.04 Å². The number of likely N-dealkylation sites (tertiary alicyclic amines) is 1. The molecule has 1 aromatic rings. The number of amides is 3. The SMILES string of the molecule is Cc1cc(C(=O)O)cc(C(=O)NC2CC(=O)N(C(C)C)C2=O)c1. The van der Waals surface area contributed by atoms with Crippen molar-refractivity contribution in [3.8, 4) is 0 Å². The number of nitrogens with one attached hydrogen (secondary N) is 1. The van der Waals surface area contributed by atoms with Gasteiger partial charge in [-0.3, -0.25) is 19.3 Å². The summed E-state index contributed by atoms with van der Waals surface area (Å²) in [5.74, 6) is -2.48. The first-order valence-corrected chi connectivity index (χ1v) is 7.22. The molecule has 1 saturated heterocycles. The molecule has 2 rings (SSSR count).